The number of hydrogen-bond acceptors (Lipinski definition) is 2. The number of hydrogen-bond donors (Lipinski definition) is 2. The molecule has 114 valence electrons. The highest BCUT2D eigenvalue weighted by Gasteiger charge is 2.23. The minimum absolute atomic E-state index is 0.0139. The minimum Gasteiger partial charge on any atom is -0.617 e. The van der Waals surface area contributed by atoms with Gasteiger partial charge in [-0.2, -0.15) is 4.73 Å². The van der Waals surface area contributed by atoms with Crippen molar-refractivity contribution in [2.24, 2.45) is 5.92 Å². The van der Waals surface area contributed by atoms with Crippen LogP contribution in [-0.4, -0.2) is 9.97 Å². The molecule has 0 fully saturated rings. The molecule has 0 saturated carbocycles. The van der Waals surface area contributed by atoms with Crippen molar-refractivity contribution in [1.29, 1.82) is 0 Å². The third-order valence-corrected chi connectivity index (χ3v) is 3.93. The predicted molar refractivity (Wildman–Crippen MR) is 86.9 cm³/mol. The van der Waals surface area contributed by atoms with Gasteiger partial charge in [-0.15, -0.1) is 0 Å². The molecule has 0 aliphatic carbocycles. The summed E-state index contributed by atoms with van der Waals surface area (Å²) in [6.45, 7) is 3.89. The van der Waals surface area contributed by atoms with E-state index in [2.05, 4.69) is 9.97 Å². The maximum absolute atomic E-state index is 12.3. The van der Waals surface area contributed by atoms with Gasteiger partial charge < -0.3 is 15.2 Å². The molecule has 0 atom stereocenters. The minimum atomic E-state index is -0.395. The first-order valence-corrected chi connectivity index (χ1v) is 7.47. The monoisotopic (exact) mass is 317 g/mol. The molecule has 2 heterocycles. The lowest BCUT2D eigenvalue weighted by atomic mass is 10.1. The number of H-pyrrole nitrogens is 2. The van der Waals surface area contributed by atoms with Gasteiger partial charge in [0.2, 0.25) is 0 Å². The summed E-state index contributed by atoms with van der Waals surface area (Å²) in [6, 6.07) is 7.63. The van der Waals surface area contributed by atoms with Gasteiger partial charge in [-0.1, -0.05) is 32.0 Å². The van der Waals surface area contributed by atoms with Crippen LogP contribution < -0.4 is 10.3 Å². The lowest BCUT2D eigenvalue weighted by Gasteiger charge is -2.10. The second-order valence-electron chi connectivity index (χ2n) is 5.71. The maximum Gasteiger partial charge on any atom is 0.317 e. The summed E-state index contributed by atoms with van der Waals surface area (Å²) in [5.41, 5.74) is 1.71. The van der Waals surface area contributed by atoms with Crippen LogP contribution in [0.25, 0.3) is 22.2 Å². The SMILES string of the molecule is CC(C)Cc1c(=O)[nH]c(-c2c[nH]c3ccccc23)c(Cl)[n+]1[O-]. The standard InChI is InChI=1S/C16H16ClN3O2/c1-9(2)7-13-16(21)19-14(15(17)20(13)22)11-8-18-12-6-4-3-5-10(11)12/h3-6,8-9,18H,7H2,1-2H3,(H,19,21). The van der Waals surface area contributed by atoms with E-state index in [1.54, 1.807) is 6.20 Å². The van der Waals surface area contributed by atoms with Crippen LogP contribution in [0.15, 0.2) is 35.3 Å². The molecule has 1 aromatic carbocycles. The Hall–Kier alpha value is -2.27. The third kappa shape index (κ3) is 2.37. The largest absolute Gasteiger partial charge is 0.617 e. The average molecular weight is 318 g/mol. The van der Waals surface area contributed by atoms with Gasteiger partial charge in [0.25, 0.3) is 5.69 Å². The van der Waals surface area contributed by atoms with E-state index in [4.69, 9.17) is 11.6 Å². The Kier molecular flexibility index (Phi) is 3.66. The lowest BCUT2D eigenvalue weighted by molar-refractivity contribution is -0.613. The van der Waals surface area contributed by atoms with Crippen LogP contribution in [0.1, 0.15) is 19.5 Å². The van der Waals surface area contributed by atoms with Crippen molar-refractivity contribution in [1.82, 2.24) is 9.97 Å². The summed E-state index contributed by atoms with van der Waals surface area (Å²) in [5, 5.41) is 13.2. The molecule has 6 heteroatoms. The molecule has 0 aliphatic rings. The molecule has 0 radical (unpaired) electrons. The summed E-state index contributed by atoms with van der Waals surface area (Å²) < 4.78 is 0.539. The van der Waals surface area contributed by atoms with Crippen LogP contribution in [0, 0.1) is 11.1 Å². The molecular formula is C16H16ClN3O2. The maximum atomic E-state index is 12.3. The van der Waals surface area contributed by atoms with Crippen LogP contribution in [0.2, 0.25) is 5.15 Å². The third-order valence-electron chi connectivity index (χ3n) is 3.59. The fraction of sp³-hybridized carbons (Fsp3) is 0.250. The van der Waals surface area contributed by atoms with Gasteiger partial charge in [0.15, 0.2) is 0 Å². The predicted octanol–water partition coefficient (Wildman–Crippen LogP) is 3.01. The first-order chi connectivity index (χ1) is 10.5. The van der Waals surface area contributed by atoms with Gasteiger partial charge in [-0.05, 0) is 23.6 Å². The number of para-hydroxylation sites is 1. The Bertz CT molecular complexity index is 896. The number of halogens is 1. The zero-order valence-electron chi connectivity index (χ0n) is 12.3. The van der Waals surface area contributed by atoms with Crippen molar-refractivity contribution in [2.45, 2.75) is 20.3 Å². The van der Waals surface area contributed by atoms with Gasteiger partial charge in [0.1, 0.15) is 5.69 Å². The Morgan fingerprint density at radius 1 is 1.32 bits per heavy atom. The first-order valence-electron chi connectivity index (χ1n) is 7.09. The van der Waals surface area contributed by atoms with E-state index in [9.17, 15) is 10.0 Å². The van der Waals surface area contributed by atoms with Crippen LogP contribution in [0.5, 0.6) is 0 Å². The number of nitrogens with one attached hydrogen (secondary N) is 2. The van der Waals surface area contributed by atoms with Gasteiger partial charge in [0, 0.05) is 29.1 Å². The molecule has 0 aliphatic heterocycles. The topological polar surface area (TPSA) is 75.6 Å². The second kappa shape index (κ2) is 5.50. The lowest BCUT2D eigenvalue weighted by Crippen LogP contribution is -2.42. The molecule has 3 aromatic rings. The number of rotatable bonds is 3. The smallest absolute Gasteiger partial charge is 0.317 e. The van der Waals surface area contributed by atoms with Crippen molar-refractivity contribution in [3.05, 3.63) is 56.9 Å². The number of fused-ring (bicyclic) bond motifs is 1. The molecule has 0 bridgehead atoms. The van der Waals surface area contributed by atoms with E-state index in [1.807, 2.05) is 38.1 Å². The van der Waals surface area contributed by atoms with Crippen molar-refractivity contribution >= 4 is 22.5 Å². The van der Waals surface area contributed by atoms with Crippen LogP contribution in [-0.2, 0) is 6.42 Å². The number of benzene rings is 1. The average Bonchev–Trinajstić information content (AvgIpc) is 2.91. The summed E-state index contributed by atoms with van der Waals surface area (Å²) in [5.74, 6) is 0.191. The van der Waals surface area contributed by atoms with Crippen molar-refractivity contribution < 1.29 is 4.73 Å². The molecular weight excluding hydrogens is 302 g/mol. The zero-order valence-corrected chi connectivity index (χ0v) is 13.1. The fourth-order valence-electron chi connectivity index (χ4n) is 2.57. The Morgan fingerprint density at radius 3 is 2.77 bits per heavy atom. The Balaban J connectivity index is 2.22. The van der Waals surface area contributed by atoms with E-state index >= 15 is 0 Å². The molecule has 0 amide bonds. The Morgan fingerprint density at radius 2 is 2.05 bits per heavy atom. The number of nitrogens with zero attached hydrogens (tertiary/aromatic N) is 1. The molecule has 3 rings (SSSR count). The van der Waals surface area contributed by atoms with Gasteiger partial charge >= 0.3 is 10.7 Å². The van der Waals surface area contributed by atoms with Crippen LogP contribution >= 0.6 is 11.6 Å². The van der Waals surface area contributed by atoms with Crippen LogP contribution in [0.4, 0.5) is 0 Å². The second-order valence-corrected chi connectivity index (χ2v) is 6.06. The van der Waals surface area contributed by atoms with Crippen molar-refractivity contribution in [3.8, 4) is 11.3 Å². The normalized spacial score (nSPS) is 11.5. The number of aromatic nitrogens is 3. The zero-order chi connectivity index (χ0) is 15.9. The molecule has 0 saturated heterocycles. The summed E-state index contributed by atoms with van der Waals surface area (Å²) in [7, 11) is 0. The fourth-order valence-corrected chi connectivity index (χ4v) is 2.82. The van der Waals surface area contributed by atoms with E-state index in [0.717, 1.165) is 10.9 Å². The molecule has 0 unspecified atom stereocenters. The summed E-state index contributed by atoms with van der Waals surface area (Å²) in [6.07, 6.45) is 2.12. The summed E-state index contributed by atoms with van der Waals surface area (Å²) in [4.78, 5) is 18.1. The van der Waals surface area contributed by atoms with Crippen molar-refractivity contribution in [3.63, 3.8) is 0 Å². The van der Waals surface area contributed by atoms with Gasteiger partial charge in [0.05, 0.1) is 0 Å². The molecule has 5 nitrogen and oxygen atoms in total. The van der Waals surface area contributed by atoms with E-state index in [-0.39, 0.29) is 16.8 Å². The highest BCUT2D eigenvalue weighted by atomic mass is 35.5. The molecule has 2 aromatic heterocycles. The van der Waals surface area contributed by atoms with Crippen molar-refractivity contribution in [2.75, 3.05) is 0 Å². The summed E-state index contributed by atoms with van der Waals surface area (Å²) >= 11 is 6.21. The highest BCUT2D eigenvalue weighted by Crippen LogP contribution is 2.29. The first kappa shape index (κ1) is 14.7. The number of aromatic amines is 2. The molecule has 0 spiro atoms. The highest BCUT2D eigenvalue weighted by molar-refractivity contribution is 6.31. The van der Waals surface area contributed by atoms with E-state index in [0.29, 0.717) is 22.4 Å². The quantitative estimate of drug-likeness (QED) is 0.575. The molecule has 22 heavy (non-hydrogen) atoms. The van der Waals surface area contributed by atoms with E-state index < -0.39 is 5.56 Å². The van der Waals surface area contributed by atoms with Gasteiger partial charge in [-0.3, -0.25) is 4.79 Å². The Labute approximate surface area is 132 Å². The molecule has 2 N–H and O–H groups in total. The van der Waals surface area contributed by atoms with E-state index in [1.165, 1.54) is 0 Å². The van der Waals surface area contributed by atoms with Gasteiger partial charge in [-0.25, -0.2) is 0 Å². The van der Waals surface area contributed by atoms with Crippen LogP contribution in [0.3, 0.4) is 0 Å².